The van der Waals surface area contributed by atoms with Crippen LogP contribution in [0.4, 0.5) is 10.8 Å². The van der Waals surface area contributed by atoms with Crippen LogP contribution in [0.3, 0.4) is 0 Å². The zero-order valence-corrected chi connectivity index (χ0v) is 10.4. The number of aryl methyl sites for hydroxylation is 1. The molecule has 2 aromatic heterocycles. The van der Waals surface area contributed by atoms with Crippen molar-refractivity contribution in [3.63, 3.8) is 0 Å². The number of nitrogens with two attached hydrogens (primary N) is 1. The summed E-state index contributed by atoms with van der Waals surface area (Å²) in [7, 11) is -3.73. The van der Waals surface area contributed by atoms with E-state index in [2.05, 4.69) is 19.9 Å². The molecule has 0 fully saturated rings. The van der Waals surface area contributed by atoms with Gasteiger partial charge < -0.3 is 5.73 Å². The Kier molecular flexibility index (Phi) is 2.94. The van der Waals surface area contributed by atoms with Gasteiger partial charge in [-0.1, -0.05) is 11.3 Å². The van der Waals surface area contributed by atoms with Crippen molar-refractivity contribution in [2.45, 2.75) is 11.3 Å². The fourth-order valence-corrected chi connectivity index (χ4v) is 3.02. The minimum absolute atomic E-state index is 0.108. The SMILES string of the molecule is Cc1cnccc1NS(=O)(=O)c1nnc(N)s1. The third kappa shape index (κ3) is 2.50. The molecular weight excluding hydrogens is 262 g/mol. The molecule has 0 spiro atoms. The van der Waals surface area contributed by atoms with Gasteiger partial charge in [-0.25, -0.2) is 0 Å². The molecule has 2 heterocycles. The van der Waals surface area contributed by atoms with Gasteiger partial charge in [-0.2, -0.15) is 8.42 Å². The molecule has 0 aliphatic heterocycles. The van der Waals surface area contributed by atoms with Crippen LogP contribution < -0.4 is 10.5 Å². The normalized spacial score (nSPS) is 11.4. The maximum absolute atomic E-state index is 11.9. The summed E-state index contributed by atoms with van der Waals surface area (Å²) in [4.78, 5) is 3.87. The number of nitrogen functional groups attached to an aromatic ring is 1. The molecule has 2 aromatic rings. The number of hydrogen-bond donors (Lipinski definition) is 2. The molecule has 7 nitrogen and oxygen atoms in total. The van der Waals surface area contributed by atoms with Gasteiger partial charge in [-0.15, -0.1) is 10.2 Å². The lowest BCUT2D eigenvalue weighted by molar-refractivity contribution is 0.599. The summed E-state index contributed by atoms with van der Waals surface area (Å²) in [6, 6.07) is 1.57. The number of rotatable bonds is 3. The first kappa shape index (κ1) is 11.7. The average Bonchev–Trinajstić information content (AvgIpc) is 2.69. The molecule has 0 bridgehead atoms. The first-order valence-corrected chi connectivity index (χ1v) is 6.81. The molecule has 0 aromatic carbocycles. The Morgan fingerprint density at radius 2 is 2.18 bits per heavy atom. The molecule has 17 heavy (non-hydrogen) atoms. The lowest BCUT2D eigenvalue weighted by Crippen LogP contribution is -2.13. The highest BCUT2D eigenvalue weighted by atomic mass is 32.2. The van der Waals surface area contributed by atoms with E-state index < -0.39 is 10.0 Å². The maximum Gasteiger partial charge on any atom is 0.291 e. The van der Waals surface area contributed by atoms with E-state index in [9.17, 15) is 8.42 Å². The summed E-state index contributed by atoms with van der Waals surface area (Å²) in [5.74, 6) is 0. The molecule has 0 atom stereocenters. The second kappa shape index (κ2) is 4.26. The van der Waals surface area contributed by atoms with Gasteiger partial charge in [-0.3, -0.25) is 9.71 Å². The van der Waals surface area contributed by atoms with Crippen molar-refractivity contribution in [3.05, 3.63) is 24.0 Å². The Morgan fingerprint density at radius 3 is 2.76 bits per heavy atom. The quantitative estimate of drug-likeness (QED) is 0.846. The van der Waals surface area contributed by atoms with Crippen LogP contribution in [0.15, 0.2) is 22.8 Å². The molecule has 0 saturated carbocycles. The van der Waals surface area contributed by atoms with E-state index >= 15 is 0 Å². The predicted molar refractivity (Wildman–Crippen MR) is 64.1 cm³/mol. The Bertz CT molecular complexity index is 637. The van der Waals surface area contributed by atoms with Gasteiger partial charge in [0.15, 0.2) is 0 Å². The molecule has 0 aliphatic rings. The van der Waals surface area contributed by atoms with E-state index in [4.69, 9.17) is 5.73 Å². The fourth-order valence-electron chi connectivity index (χ4n) is 1.11. The van der Waals surface area contributed by atoms with Crippen LogP contribution in [-0.2, 0) is 10.0 Å². The highest BCUT2D eigenvalue weighted by Crippen LogP contribution is 2.21. The predicted octanol–water partition coefficient (Wildman–Crippen LogP) is 0.625. The van der Waals surface area contributed by atoms with E-state index in [1.54, 1.807) is 19.2 Å². The number of hydrogen-bond acceptors (Lipinski definition) is 7. The summed E-state index contributed by atoms with van der Waals surface area (Å²) < 4.78 is 26.0. The van der Waals surface area contributed by atoms with E-state index in [0.717, 1.165) is 11.3 Å². The van der Waals surface area contributed by atoms with Crippen molar-refractivity contribution < 1.29 is 8.42 Å². The summed E-state index contributed by atoms with van der Waals surface area (Å²) in [6.07, 6.45) is 3.06. The number of nitrogens with one attached hydrogen (secondary N) is 1. The molecule has 2 rings (SSSR count). The van der Waals surface area contributed by atoms with Gasteiger partial charge >= 0.3 is 0 Å². The highest BCUT2D eigenvalue weighted by Gasteiger charge is 2.20. The first-order chi connectivity index (χ1) is 7.99. The van der Waals surface area contributed by atoms with E-state index in [0.29, 0.717) is 11.3 Å². The van der Waals surface area contributed by atoms with Gasteiger partial charge in [0.05, 0.1) is 5.69 Å². The van der Waals surface area contributed by atoms with Crippen LogP contribution in [0.2, 0.25) is 0 Å². The molecule has 9 heteroatoms. The van der Waals surface area contributed by atoms with Crippen LogP contribution in [0.1, 0.15) is 5.56 Å². The molecule has 0 unspecified atom stereocenters. The summed E-state index contributed by atoms with van der Waals surface area (Å²) in [6.45, 7) is 1.75. The zero-order valence-electron chi connectivity index (χ0n) is 8.78. The Labute approximate surface area is 102 Å². The van der Waals surface area contributed by atoms with Crippen LogP contribution >= 0.6 is 11.3 Å². The van der Waals surface area contributed by atoms with Crippen LogP contribution in [0.5, 0.6) is 0 Å². The molecule has 90 valence electrons. The van der Waals surface area contributed by atoms with E-state index in [-0.39, 0.29) is 9.47 Å². The smallest absolute Gasteiger partial charge is 0.291 e. The van der Waals surface area contributed by atoms with Gasteiger partial charge in [0.2, 0.25) is 5.13 Å². The van der Waals surface area contributed by atoms with Gasteiger partial charge in [-0.05, 0) is 18.6 Å². The molecule has 0 amide bonds. The second-order valence-corrected chi connectivity index (χ2v) is 6.07. The number of aromatic nitrogens is 3. The fraction of sp³-hybridized carbons (Fsp3) is 0.125. The van der Waals surface area contributed by atoms with Crippen molar-refractivity contribution >= 4 is 32.2 Å². The lowest BCUT2D eigenvalue weighted by atomic mass is 10.3. The van der Waals surface area contributed by atoms with Crippen molar-refractivity contribution in [2.75, 3.05) is 10.5 Å². The topological polar surface area (TPSA) is 111 Å². The Morgan fingerprint density at radius 1 is 1.41 bits per heavy atom. The van der Waals surface area contributed by atoms with Crippen molar-refractivity contribution in [3.8, 4) is 0 Å². The maximum atomic E-state index is 11.9. The molecule has 0 saturated heterocycles. The van der Waals surface area contributed by atoms with Gasteiger partial charge in [0, 0.05) is 12.4 Å². The number of nitrogens with zero attached hydrogens (tertiary/aromatic N) is 3. The summed E-state index contributed by atoms with van der Waals surface area (Å²) in [5.41, 5.74) is 6.51. The van der Waals surface area contributed by atoms with Gasteiger partial charge in [0.25, 0.3) is 14.4 Å². The van der Waals surface area contributed by atoms with Crippen molar-refractivity contribution in [1.82, 2.24) is 15.2 Å². The minimum Gasteiger partial charge on any atom is -0.374 e. The molecule has 0 radical (unpaired) electrons. The molecule has 3 N–H and O–H groups in total. The van der Waals surface area contributed by atoms with Crippen LogP contribution in [0.25, 0.3) is 0 Å². The van der Waals surface area contributed by atoms with Crippen molar-refractivity contribution in [2.24, 2.45) is 0 Å². The van der Waals surface area contributed by atoms with Crippen molar-refractivity contribution in [1.29, 1.82) is 0 Å². The number of sulfonamides is 1. The van der Waals surface area contributed by atoms with E-state index in [1.165, 1.54) is 6.20 Å². The zero-order chi connectivity index (χ0) is 12.5. The monoisotopic (exact) mass is 271 g/mol. The van der Waals surface area contributed by atoms with Crippen LogP contribution in [-0.4, -0.2) is 23.6 Å². The summed E-state index contributed by atoms with van der Waals surface area (Å²) >= 11 is 0.809. The third-order valence-corrected chi connectivity index (χ3v) is 4.40. The largest absolute Gasteiger partial charge is 0.374 e. The van der Waals surface area contributed by atoms with E-state index in [1.807, 2.05) is 0 Å². The second-order valence-electron chi connectivity index (χ2n) is 3.20. The van der Waals surface area contributed by atoms with Gasteiger partial charge in [0.1, 0.15) is 0 Å². The lowest BCUT2D eigenvalue weighted by Gasteiger charge is -2.06. The molecular formula is C8H9N5O2S2. The standard InChI is InChI=1S/C8H9N5O2S2/c1-5-4-10-3-2-6(5)13-17(14,15)8-12-11-7(9)16-8/h2-4H,1H3,(H2,9,11)(H,10,13). The highest BCUT2D eigenvalue weighted by molar-refractivity contribution is 7.94. The average molecular weight is 271 g/mol. The van der Waals surface area contributed by atoms with Crippen LogP contribution in [0, 0.1) is 6.92 Å². The minimum atomic E-state index is -3.73. The number of pyridine rings is 1. The Hall–Kier alpha value is -1.74. The Balaban J connectivity index is 2.33. The molecule has 0 aliphatic carbocycles. The first-order valence-electron chi connectivity index (χ1n) is 4.51. The summed E-state index contributed by atoms with van der Waals surface area (Å²) in [5, 5.41) is 7.06. The number of anilines is 2. The third-order valence-electron chi connectivity index (χ3n) is 1.92.